The first-order chi connectivity index (χ1) is 11.6. The number of ether oxygens (including phenoxy) is 2. The maximum Gasteiger partial charge on any atom is 0.335 e. The van der Waals surface area contributed by atoms with Crippen molar-refractivity contribution in [3.63, 3.8) is 0 Å². The van der Waals surface area contributed by atoms with Gasteiger partial charge in [-0.3, -0.25) is 0 Å². The van der Waals surface area contributed by atoms with Crippen LogP contribution in [0.2, 0.25) is 0 Å². The van der Waals surface area contributed by atoms with E-state index < -0.39 is 5.97 Å². The molecule has 1 aromatic carbocycles. The number of hydrogen-bond donors (Lipinski definition) is 1. The maximum absolute atomic E-state index is 10.8. The molecule has 4 heteroatoms. The fourth-order valence-corrected chi connectivity index (χ4v) is 2.48. The van der Waals surface area contributed by atoms with Gasteiger partial charge in [0.2, 0.25) is 0 Å². The highest BCUT2D eigenvalue weighted by Crippen LogP contribution is 2.13. The van der Waals surface area contributed by atoms with E-state index in [4.69, 9.17) is 14.6 Å². The number of rotatable bonds is 14. The SMILES string of the molecule is CCCCCCCCCCOC(C)COc1ccc(C(=O)O)cc1. The van der Waals surface area contributed by atoms with Crippen LogP contribution in [0.5, 0.6) is 5.75 Å². The molecule has 0 fully saturated rings. The lowest BCUT2D eigenvalue weighted by atomic mass is 10.1. The van der Waals surface area contributed by atoms with E-state index in [9.17, 15) is 4.79 Å². The number of aromatic carboxylic acids is 1. The molecule has 0 aliphatic carbocycles. The Hall–Kier alpha value is -1.55. The summed E-state index contributed by atoms with van der Waals surface area (Å²) in [6.07, 6.45) is 10.4. The molecule has 1 unspecified atom stereocenters. The summed E-state index contributed by atoms with van der Waals surface area (Å²) in [5.74, 6) is -0.258. The van der Waals surface area contributed by atoms with Gasteiger partial charge in [-0.1, -0.05) is 51.9 Å². The van der Waals surface area contributed by atoms with Crippen LogP contribution >= 0.6 is 0 Å². The van der Waals surface area contributed by atoms with Crippen LogP contribution in [0.25, 0.3) is 0 Å². The lowest BCUT2D eigenvalue weighted by Crippen LogP contribution is -2.18. The Balaban J connectivity index is 2.01. The van der Waals surface area contributed by atoms with Gasteiger partial charge >= 0.3 is 5.97 Å². The molecule has 0 aliphatic heterocycles. The molecule has 1 rings (SSSR count). The fraction of sp³-hybridized carbons (Fsp3) is 0.650. The van der Waals surface area contributed by atoms with E-state index >= 15 is 0 Å². The molecule has 0 spiro atoms. The Bertz CT molecular complexity index is 441. The van der Waals surface area contributed by atoms with Gasteiger partial charge in [-0.15, -0.1) is 0 Å². The van der Waals surface area contributed by atoms with E-state index in [0.29, 0.717) is 12.4 Å². The number of carboxylic acids is 1. The van der Waals surface area contributed by atoms with E-state index in [2.05, 4.69) is 6.92 Å². The molecule has 0 radical (unpaired) electrons. The van der Waals surface area contributed by atoms with Crippen molar-refractivity contribution in [2.45, 2.75) is 71.3 Å². The van der Waals surface area contributed by atoms with Gasteiger partial charge in [-0.05, 0) is 37.6 Å². The minimum absolute atomic E-state index is 0.0358. The van der Waals surface area contributed by atoms with E-state index in [1.54, 1.807) is 24.3 Å². The molecule has 0 aliphatic rings. The third-order valence-corrected chi connectivity index (χ3v) is 3.99. The summed E-state index contributed by atoms with van der Waals surface area (Å²) in [6.45, 7) is 5.49. The summed E-state index contributed by atoms with van der Waals surface area (Å²) < 4.78 is 11.4. The molecule has 1 N–H and O–H groups in total. The van der Waals surface area contributed by atoms with E-state index in [-0.39, 0.29) is 11.7 Å². The summed E-state index contributed by atoms with van der Waals surface area (Å²) in [6, 6.07) is 6.44. The summed E-state index contributed by atoms with van der Waals surface area (Å²) in [7, 11) is 0. The predicted octanol–water partition coefficient (Wildman–Crippen LogP) is 5.31. The van der Waals surface area contributed by atoms with Crippen LogP contribution in [-0.4, -0.2) is 30.4 Å². The van der Waals surface area contributed by atoms with Gasteiger partial charge in [0.05, 0.1) is 11.7 Å². The fourth-order valence-electron chi connectivity index (χ4n) is 2.48. The van der Waals surface area contributed by atoms with Gasteiger partial charge in [0.1, 0.15) is 12.4 Å². The van der Waals surface area contributed by atoms with Crippen molar-refractivity contribution in [1.82, 2.24) is 0 Å². The number of unbranched alkanes of at least 4 members (excludes halogenated alkanes) is 7. The van der Waals surface area contributed by atoms with Gasteiger partial charge in [0.15, 0.2) is 0 Å². The number of hydrogen-bond acceptors (Lipinski definition) is 3. The molecule has 1 atom stereocenters. The molecule has 1 aromatic rings. The Morgan fingerprint density at radius 3 is 2.17 bits per heavy atom. The summed E-state index contributed by atoms with van der Waals surface area (Å²) >= 11 is 0. The summed E-state index contributed by atoms with van der Waals surface area (Å²) in [4.78, 5) is 10.8. The first-order valence-electron chi connectivity index (χ1n) is 9.21. The highest BCUT2D eigenvalue weighted by Gasteiger charge is 2.05. The van der Waals surface area contributed by atoms with Crippen LogP contribution in [0, 0.1) is 0 Å². The second-order valence-corrected chi connectivity index (χ2v) is 6.30. The normalized spacial score (nSPS) is 12.1. The van der Waals surface area contributed by atoms with Crippen LogP contribution in [-0.2, 0) is 4.74 Å². The maximum atomic E-state index is 10.8. The predicted molar refractivity (Wildman–Crippen MR) is 96.9 cm³/mol. The van der Waals surface area contributed by atoms with E-state index in [0.717, 1.165) is 13.0 Å². The van der Waals surface area contributed by atoms with Gasteiger partial charge in [0, 0.05) is 6.61 Å². The van der Waals surface area contributed by atoms with Crippen LogP contribution in [0.1, 0.15) is 75.6 Å². The van der Waals surface area contributed by atoms with Crippen molar-refractivity contribution in [2.75, 3.05) is 13.2 Å². The molecule has 4 nitrogen and oxygen atoms in total. The minimum Gasteiger partial charge on any atom is -0.491 e. The molecule has 0 saturated heterocycles. The third-order valence-electron chi connectivity index (χ3n) is 3.99. The Morgan fingerprint density at radius 1 is 1.00 bits per heavy atom. The smallest absolute Gasteiger partial charge is 0.335 e. The largest absolute Gasteiger partial charge is 0.491 e. The lowest BCUT2D eigenvalue weighted by molar-refractivity contribution is 0.0302. The van der Waals surface area contributed by atoms with Crippen LogP contribution < -0.4 is 4.74 Å². The van der Waals surface area contributed by atoms with Crippen molar-refractivity contribution in [2.24, 2.45) is 0 Å². The zero-order valence-electron chi connectivity index (χ0n) is 15.1. The minimum atomic E-state index is -0.927. The molecule has 24 heavy (non-hydrogen) atoms. The third kappa shape index (κ3) is 9.56. The summed E-state index contributed by atoms with van der Waals surface area (Å²) in [5.41, 5.74) is 0.265. The molecule has 0 bridgehead atoms. The number of carboxylic acid groups (broad SMARTS) is 1. The molecule has 0 aromatic heterocycles. The molecular weight excluding hydrogens is 304 g/mol. The van der Waals surface area contributed by atoms with Crippen LogP contribution in [0.4, 0.5) is 0 Å². The zero-order valence-corrected chi connectivity index (χ0v) is 15.1. The first-order valence-corrected chi connectivity index (χ1v) is 9.21. The molecule has 0 amide bonds. The van der Waals surface area contributed by atoms with Gasteiger partial charge in [-0.2, -0.15) is 0 Å². The average molecular weight is 336 g/mol. The Kier molecular flexibility index (Phi) is 10.9. The highest BCUT2D eigenvalue weighted by atomic mass is 16.5. The second kappa shape index (κ2) is 12.8. The Labute approximate surface area is 146 Å². The molecule has 0 saturated carbocycles. The topological polar surface area (TPSA) is 55.8 Å². The lowest BCUT2D eigenvalue weighted by Gasteiger charge is -2.14. The van der Waals surface area contributed by atoms with Crippen molar-refractivity contribution >= 4 is 5.97 Å². The standard InChI is InChI=1S/C20H32O4/c1-3-4-5-6-7-8-9-10-15-23-17(2)16-24-19-13-11-18(12-14-19)20(21)22/h11-14,17H,3-10,15-16H2,1-2H3,(H,21,22). The van der Waals surface area contributed by atoms with Crippen molar-refractivity contribution in [1.29, 1.82) is 0 Å². The van der Waals surface area contributed by atoms with E-state index in [1.165, 1.54) is 44.9 Å². The molecular formula is C20H32O4. The van der Waals surface area contributed by atoms with Crippen molar-refractivity contribution < 1.29 is 19.4 Å². The van der Waals surface area contributed by atoms with Gasteiger partial charge in [-0.25, -0.2) is 4.79 Å². The number of carbonyl (C=O) groups is 1. The second-order valence-electron chi connectivity index (χ2n) is 6.30. The molecule has 136 valence electrons. The summed E-state index contributed by atoms with van der Waals surface area (Å²) in [5, 5.41) is 8.85. The quantitative estimate of drug-likeness (QED) is 0.468. The van der Waals surface area contributed by atoms with Crippen LogP contribution in [0.3, 0.4) is 0 Å². The zero-order chi connectivity index (χ0) is 17.6. The first kappa shape index (κ1) is 20.5. The van der Waals surface area contributed by atoms with Crippen molar-refractivity contribution in [3.8, 4) is 5.75 Å². The van der Waals surface area contributed by atoms with Gasteiger partial charge in [0.25, 0.3) is 0 Å². The van der Waals surface area contributed by atoms with Crippen molar-refractivity contribution in [3.05, 3.63) is 29.8 Å². The number of benzene rings is 1. The monoisotopic (exact) mass is 336 g/mol. The Morgan fingerprint density at radius 2 is 1.58 bits per heavy atom. The highest BCUT2D eigenvalue weighted by molar-refractivity contribution is 5.87. The van der Waals surface area contributed by atoms with Gasteiger partial charge < -0.3 is 14.6 Å². The molecule has 0 heterocycles. The van der Waals surface area contributed by atoms with E-state index in [1.807, 2.05) is 6.92 Å². The van der Waals surface area contributed by atoms with Crippen LogP contribution in [0.15, 0.2) is 24.3 Å². The average Bonchev–Trinajstić information content (AvgIpc) is 2.59.